The minimum Gasteiger partial charge on any atom is -0.483 e. The fraction of sp³-hybridized carbons (Fsp3) is 0.222. The molecule has 0 atom stereocenters. The Bertz CT molecular complexity index is 827. The van der Waals surface area contributed by atoms with E-state index in [9.17, 15) is 9.18 Å². The summed E-state index contributed by atoms with van der Waals surface area (Å²) in [6, 6.07) is 12.0. The number of likely N-dealkylation sites (N-methyl/N-ethyl adjacent to an activating group) is 1. The Labute approximate surface area is 149 Å². The monoisotopic (exact) mass is 359 g/mol. The van der Waals surface area contributed by atoms with Crippen LogP contribution in [0, 0.1) is 5.82 Å². The first-order valence-electron chi connectivity index (χ1n) is 7.86. The summed E-state index contributed by atoms with van der Waals surface area (Å²) in [6.45, 7) is 0.245. The van der Waals surface area contributed by atoms with Gasteiger partial charge in [0, 0.05) is 13.1 Å². The quantitative estimate of drug-likeness (QED) is 0.848. The van der Waals surface area contributed by atoms with Crippen molar-refractivity contribution in [1.29, 1.82) is 0 Å². The largest absolute Gasteiger partial charge is 0.483 e. The van der Waals surface area contributed by atoms with Gasteiger partial charge in [0.1, 0.15) is 31.8 Å². The van der Waals surface area contributed by atoms with Crippen LogP contribution in [0.2, 0.25) is 0 Å². The highest BCUT2D eigenvalue weighted by atomic mass is 19.1. The molecule has 26 heavy (non-hydrogen) atoms. The molecule has 136 valence electrons. The topological polar surface area (TPSA) is 72.4 Å². The van der Waals surface area contributed by atoms with Crippen LogP contribution in [-0.2, 0) is 16.2 Å². The van der Waals surface area contributed by atoms with Crippen LogP contribution in [0.1, 0.15) is 5.56 Å². The zero-order valence-corrected chi connectivity index (χ0v) is 14.4. The molecule has 7 nitrogen and oxygen atoms in total. The second-order valence-corrected chi connectivity index (χ2v) is 5.53. The minimum absolute atomic E-state index is 0.121. The number of amidine groups is 1. The second-order valence-electron chi connectivity index (χ2n) is 5.53. The number of halogens is 1. The van der Waals surface area contributed by atoms with Crippen molar-refractivity contribution in [2.75, 3.05) is 31.0 Å². The second kappa shape index (κ2) is 7.73. The summed E-state index contributed by atoms with van der Waals surface area (Å²) in [7, 11) is 3.06. The highest BCUT2D eigenvalue weighted by molar-refractivity contribution is 6.01. The first-order chi connectivity index (χ1) is 12.6. The van der Waals surface area contributed by atoms with Crippen LogP contribution in [-0.4, -0.2) is 32.7 Å². The number of fused-ring (bicyclic) bond motifs is 1. The predicted octanol–water partition coefficient (Wildman–Crippen LogP) is 3.36. The van der Waals surface area contributed by atoms with Gasteiger partial charge < -0.3 is 19.2 Å². The molecule has 1 aliphatic heterocycles. The Morgan fingerprint density at radius 2 is 2.12 bits per heavy atom. The lowest BCUT2D eigenvalue weighted by Crippen LogP contribution is -2.36. The Hall–Kier alpha value is -3.29. The third kappa shape index (κ3) is 3.85. The van der Waals surface area contributed by atoms with Crippen LogP contribution in [0.15, 0.2) is 47.6 Å². The molecule has 2 aromatic carbocycles. The van der Waals surface area contributed by atoms with E-state index in [1.54, 1.807) is 7.05 Å². The van der Waals surface area contributed by atoms with Crippen LogP contribution in [0.3, 0.4) is 0 Å². The lowest BCUT2D eigenvalue weighted by molar-refractivity contribution is 0.155. The number of nitrogens with one attached hydrogen (secondary N) is 1. The zero-order chi connectivity index (χ0) is 18.5. The van der Waals surface area contributed by atoms with Crippen LogP contribution in [0.4, 0.5) is 20.6 Å². The van der Waals surface area contributed by atoms with Crippen LogP contribution < -0.4 is 15.0 Å². The average Bonchev–Trinajstić information content (AvgIpc) is 2.63. The molecule has 0 saturated carbocycles. The summed E-state index contributed by atoms with van der Waals surface area (Å²) in [4.78, 5) is 18.2. The van der Waals surface area contributed by atoms with Crippen molar-refractivity contribution in [3.05, 3.63) is 53.8 Å². The summed E-state index contributed by atoms with van der Waals surface area (Å²) in [5, 5.41) is 6.29. The lowest BCUT2D eigenvalue weighted by atomic mass is 10.2. The molecule has 0 aromatic heterocycles. The van der Waals surface area contributed by atoms with Gasteiger partial charge in [-0.1, -0.05) is 35.5 Å². The molecule has 0 radical (unpaired) electrons. The van der Waals surface area contributed by atoms with Crippen molar-refractivity contribution >= 4 is 23.3 Å². The molecule has 0 bridgehead atoms. The first kappa shape index (κ1) is 17.5. The maximum atomic E-state index is 14.5. The van der Waals surface area contributed by atoms with Crippen molar-refractivity contribution in [2.45, 2.75) is 6.61 Å². The third-order valence-corrected chi connectivity index (χ3v) is 3.76. The number of ether oxygens (including phenoxy) is 2. The molecule has 2 aromatic rings. The van der Waals surface area contributed by atoms with Crippen LogP contribution in [0.5, 0.6) is 5.75 Å². The van der Waals surface area contributed by atoms with E-state index < -0.39 is 11.9 Å². The number of benzene rings is 2. The van der Waals surface area contributed by atoms with Crippen molar-refractivity contribution in [3.63, 3.8) is 0 Å². The standard InChI is InChI=1S/C18H18FN3O4/c1-22-16(21-24-2)11-25-15-9-13(8-14(19)17(15)22)20-18(23)26-10-12-6-4-3-5-7-12/h3-9H,10-11H2,1-2H3,(H,20,23). The normalized spacial score (nSPS) is 14.4. The Morgan fingerprint density at radius 1 is 1.35 bits per heavy atom. The van der Waals surface area contributed by atoms with E-state index in [2.05, 4.69) is 10.5 Å². The van der Waals surface area contributed by atoms with E-state index in [4.69, 9.17) is 14.3 Å². The number of anilines is 2. The summed E-state index contributed by atoms with van der Waals surface area (Å²) >= 11 is 0. The van der Waals surface area contributed by atoms with Crippen molar-refractivity contribution in [3.8, 4) is 5.75 Å². The van der Waals surface area contributed by atoms with Gasteiger partial charge in [0.15, 0.2) is 11.7 Å². The summed E-state index contributed by atoms with van der Waals surface area (Å²) in [5.74, 6) is 0.162. The van der Waals surface area contributed by atoms with Crippen LogP contribution >= 0.6 is 0 Å². The maximum Gasteiger partial charge on any atom is 0.411 e. The third-order valence-electron chi connectivity index (χ3n) is 3.76. The highest BCUT2D eigenvalue weighted by Crippen LogP contribution is 2.37. The molecule has 3 rings (SSSR count). The highest BCUT2D eigenvalue weighted by Gasteiger charge is 2.26. The first-order valence-corrected chi connectivity index (χ1v) is 7.86. The number of carbonyl (C=O) groups excluding carboxylic acids is 1. The molecular formula is C18H18FN3O4. The number of hydrogen-bond donors (Lipinski definition) is 1. The number of rotatable bonds is 4. The molecule has 0 fully saturated rings. The molecule has 1 aliphatic rings. The van der Waals surface area contributed by atoms with Gasteiger partial charge in [-0.25, -0.2) is 9.18 Å². The molecule has 0 saturated heterocycles. The summed E-state index contributed by atoms with van der Waals surface area (Å²) in [5.41, 5.74) is 1.31. The van der Waals surface area contributed by atoms with Gasteiger partial charge >= 0.3 is 6.09 Å². The number of carbonyl (C=O) groups is 1. The van der Waals surface area contributed by atoms with Gasteiger partial charge in [-0.3, -0.25) is 5.32 Å². The van der Waals surface area contributed by atoms with Crippen molar-refractivity contribution in [2.24, 2.45) is 5.16 Å². The SMILES string of the molecule is CON=C1COc2cc(NC(=O)OCc3ccccc3)cc(F)c2N1C. The van der Waals surface area contributed by atoms with Gasteiger partial charge in [-0.2, -0.15) is 0 Å². The summed E-state index contributed by atoms with van der Waals surface area (Å²) in [6.07, 6.45) is -0.681. The molecule has 8 heteroatoms. The smallest absolute Gasteiger partial charge is 0.411 e. The van der Waals surface area contributed by atoms with Gasteiger partial charge in [-0.15, -0.1) is 0 Å². The predicted molar refractivity (Wildman–Crippen MR) is 95.0 cm³/mol. The van der Waals surface area contributed by atoms with Gasteiger partial charge in [-0.05, 0) is 11.6 Å². The molecule has 0 aliphatic carbocycles. The van der Waals surface area contributed by atoms with E-state index >= 15 is 0 Å². The number of nitrogens with zero attached hydrogens (tertiary/aromatic N) is 2. The lowest BCUT2D eigenvalue weighted by Gasteiger charge is -2.29. The van der Waals surface area contributed by atoms with Gasteiger partial charge in [0.2, 0.25) is 0 Å². The Kier molecular flexibility index (Phi) is 5.21. The van der Waals surface area contributed by atoms with Crippen molar-refractivity contribution < 1.29 is 23.5 Å². The zero-order valence-electron chi connectivity index (χ0n) is 14.4. The van der Waals surface area contributed by atoms with E-state index in [-0.39, 0.29) is 24.6 Å². The number of oxime groups is 1. The molecule has 1 amide bonds. The van der Waals surface area contributed by atoms with Gasteiger partial charge in [0.25, 0.3) is 0 Å². The van der Waals surface area contributed by atoms with Gasteiger partial charge in [0.05, 0.1) is 5.69 Å². The number of amides is 1. The summed E-state index contributed by atoms with van der Waals surface area (Å²) < 4.78 is 25.1. The molecule has 0 spiro atoms. The molecular weight excluding hydrogens is 341 g/mol. The van der Waals surface area contributed by atoms with E-state index in [1.807, 2.05) is 30.3 Å². The average molecular weight is 359 g/mol. The fourth-order valence-corrected chi connectivity index (χ4v) is 2.52. The van der Waals surface area contributed by atoms with E-state index in [0.717, 1.165) is 5.56 Å². The van der Waals surface area contributed by atoms with Crippen LogP contribution in [0.25, 0.3) is 0 Å². The number of hydrogen-bond acceptors (Lipinski definition) is 5. The van der Waals surface area contributed by atoms with E-state index in [1.165, 1.54) is 24.1 Å². The maximum absolute atomic E-state index is 14.5. The molecule has 1 heterocycles. The van der Waals surface area contributed by atoms with E-state index in [0.29, 0.717) is 11.6 Å². The Balaban J connectivity index is 1.69. The minimum atomic E-state index is -0.681. The Morgan fingerprint density at radius 3 is 2.85 bits per heavy atom. The molecule has 0 unspecified atom stereocenters. The fourth-order valence-electron chi connectivity index (χ4n) is 2.52. The molecule has 1 N–H and O–H groups in total. The van der Waals surface area contributed by atoms with Crippen molar-refractivity contribution in [1.82, 2.24) is 0 Å².